The first kappa shape index (κ1) is 23.1. The van der Waals surface area contributed by atoms with E-state index in [1.54, 1.807) is 42.5 Å². The van der Waals surface area contributed by atoms with E-state index in [1.165, 1.54) is 52.0 Å². The molecule has 2 aromatic heterocycles. The van der Waals surface area contributed by atoms with Gasteiger partial charge in [0, 0.05) is 5.56 Å². The van der Waals surface area contributed by atoms with Crippen LogP contribution in [0.3, 0.4) is 0 Å². The maximum Gasteiger partial charge on any atom is 0.266 e. The molecule has 1 N–H and O–H groups in total. The van der Waals surface area contributed by atoms with Gasteiger partial charge in [-0.15, -0.1) is 11.4 Å². The molecule has 9 nitrogen and oxygen atoms in total. The zero-order chi connectivity index (χ0) is 24.1. The molecule has 4 aromatic rings. The van der Waals surface area contributed by atoms with E-state index < -0.39 is 15.9 Å². The first-order valence-electron chi connectivity index (χ1n) is 10.0. The Kier molecular flexibility index (Phi) is 6.71. The van der Waals surface area contributed by atoms with Crippen molar-refractivity contribution in [1.82, 2.24) is 20.0 Å². The summed E-state index contributed by atoms with van der Waals surface area (Å²) in [5, 5.41) is 10.7. The molecule has 0 bridgehead atoms. The van der Waals surface area contributed by atoms with Crippen molar-refractivity contribution in [2.45, 2.75) is 4.90 Å². The van der Waals surface area contributed by atoms with Gasteiger partial charge in [0.15, 0.2) is 5.82 Å². The molecule has 0 fully saturated rings. The van der Waals surface area contributed by atoms with Crippen LogP contribution < -0.4 is 9.62 Å². The average Bonchev–Trinajstić information content (AvgIpc) is 3.38. The van der Waals surface area contributed by atoms with Crippen molar-refractivity contribution in [3.63, 3.8) is 0 Å². The molecule has 0 saturated heterocycles. The van der Waals surface area contributed by atoms with Gasteiger partial charge in [-0.2, -0.15) is 10.2 Å². The number of halogens is 1. The molecule has 0 aliphatic rings. The summed E-state index contributed by atoms with van der Waals surface area (Å²) in [4.78, 5) is 18.2. The third-order valence-electron chi connectivity index (χ3n) is 4.73. The maximum atomic E-state index is 13.5. The van der Waals surface area contributed by atoms with E-state index in [2.05, 4.69) is 27.1 Å². The number of nitrogens with zero attached hydrogens (tertiary/aromatic N) is 5. The van der Waals surface area contributed by atoms with Crippen LogP contribution in [0.4, 0.5) is 11.4 Å². The predicted molar refractivity (Wildman–Crippen MR) is 130 cm³/mol. The molecule has 0 unspecified atom stereocenters. The fraction of sp³-hybridized carbons (Fsp3) is 0.0435. The number of amides is 1. The van der Waals surface area contributed by atoms with Crippen LogP contribution in [0.5, 0.6) is 0 Å². The van der Waals surface area contributed by atoms with Gasteiger partial charge in [-0.3, -0.25) is 9.10 Å². The number of hydrogen-bond acceptors (Lipinski definition) is 6. The van der Waals surface area contributed by atoms with Crippen LogP contribution in [0, 0.1) is 0 Å². The summed E-state index contributed by atoms with van der Waals surface area (Å²) < 4.78 is 28.1. The second-order valence-electron chi connectivity index (χ2n) is 6.98. The molecule has 0 aliphatic carbocycles. The number of carbonyl (C=O) groups is 1. The summed E-state index contributed by atoms with van der Waals surface area (Å²) in [6.45, 7) is 3.68. The lowest BCUT2D eigenvalue weighted by atomic mass is 10.2. The van der Waals surface area contributed by atoms with E-state index in [4.69, 9.17) is 11.6 Å². The number of aromatic nitrogens is 4. The van der Waals surface area contributed by atoms with Gasteiger partial charge in [0.25, 0.3) is 15.9 Å². The molecule has 0 saturated carbocycles. The quantitative estimate of drug-likeness (QED) is 0.371. The fourth-order valence-electron chi connectivity index (χ4n) is 3.13. The van der Waals surface area contributed by atoms with Crippen LogP contribution in [0.1, 0.15) is 10.4 Å². The van der Waals surface area contributed by atoms with Crippen molar-refractivity contribution < 1.29 is 13.2 Å². The number of hydrogen-bond donors (Lipinski definition) is 1. The molecule has 0 atom stereocenters. The van der Waals surface area contributed by atoms with Gasteiger partial charge < -0.3 is 5.32 Å². The van der Waals surface area contributed by atoms with E-state index in [9.17, 15) is 13.2 Å². The molecule has 2 aromatic carbocycles. The molecule has 11 heteroatoms. The van der Waals surface area contributed by atoms with Crippen molar-refractivity contribution in [3.8, 4) is 5.82 Å². The number of anilines is 2. The van der Waals surface area contributed by atoms with Gasteiger partial charge in [0.1, 0.15) is 4.90 Å². The smallest absolute Gasteiger partial charge is 0.266 e. The molecular weight excluding hydrogens is 476 g/mol. The third kappa shape index (κ3) is 4.82. The lowest BCUT2D eigenvalue weighted by Crippen LogP contribution is -2.31. The minimum absolute atomic E-state index is 0.000661. The first-order valence-corrected chi connectivity index (χ1v) is 11.8. The van der Waals surface area contributed by atoms with Crippen molar-refractivity contribution in [2.75, 3.05) is 16.2 Å². The van der Waals surface area contributed by atoms with Crippen LogP contribution in [0.15, 0.2) is 96.8 Å². The number of pyridine rings is 1. The fourth-order valence-corrected chi connectivity index (χ4v) is 5.07. The van der Waals surface area contributed by atoms with Gasteiger partial charge in [-0.25, -0.2) is 13.4 Å². The highest BCUT2D eigenvalue weighted by atomic mass is 35.5. The van der Waals surface area contributed by atoms with Gasteiger partial charge in [0.2, 0.25) is 0 Å². The van der Waals surface area contributed by atoms with Gasteiger partial charge in [0.05, 0.1) is 41.5 Å². The van der Waals surface area contributed by atoms with Crippen LogP contribution in [-0.4, -0.2) is 40.8 Å². The second-order valence-corrected chi connectivity index (χ2v) is 9.22. The van der Waals surface area contributed by atoms with Crippen LogP contribution in [0.2, 0.25) is 5.02 Å². The number of benzene rings is 2. The highest BCUT2D eigenvalue weighted by molar-refractivity contribution is 7.93. The average molecular weight is 495 g/mol. The Morgan fingerprint density at radius 1 is 1.09 bits per heavy atom. The standard InChI is InChI=1S/C23H19ClN6O3S/c1-2-14-29(19-6-4-3-5-7-19)34(32,33)21-15-17(8-10-20(21)24)23(31)28-18-9-11-22(25-16-18)30-26-12-13-27-30/h2-13,15-16H,1,14H2,(H,28,31). The molecule has 1 amide bonds. The third-order valence-corrected chi connectivity index (χ3v) is 7.01. The molecule has 0 aliphatic heterocycles. The minimum atomic E-state index is -4.09. The summed E-state index contributed by atoms with van der Waals surface area (Å²) in [6.07, 6.45) is 5.98. The largest absolute Gasteiger partial charge is 0.321 e. The Labute approximate surface area is 201 Å². The molecule has 0 radical (unpaired) electrons. The van der Waals surface area contributed by atoms with Crippen molar-refractivity contribution >= 4 is 38.9 Å². The van der Waals surface area contributed by atoms with Gasteiger partial charge in [-0.1, -0.05) is 35.9 Å². The lowest BCUT2D eigenvalue weighted by Gasteiger charge is -2.24. The molecule has 0 spiro atoms. The summed E-state index contributed by atoms with van der Waals surface area (Å²) >= 11 is 6.26. The second kappa shape index (κ2) is 9.86. The number of para-hydroxylation sites is 1. The summed E-state index contributed by atoms with van der Waals surface area (Å²) in [5.74, 6) is -0.0408. The highest BCUT2D eigenvalue weighted by Gasteiger charge is 2.27. The van der Waals surface area contributed by atoms with Crippen LogP contribution >= 0.6 is 11.6 Å². The number of nitrogens with one attached hydrogen (secondary N) is 1. The molecule has 2 heterocycles. The molecule has 34 heavy (non-hydrogen) atoms. The SMILES string of the molecule is C=CCN(c1ccccc1)S(=O)(=O)c1cc(C(=O)Nc2ccc(-n3nccn3)nc2)ccc1Cl. The summed E-state index contributed by atoms with van der Waals surface area (Å²) in [6, 6.07) is 15.9. The Balaban J connectivity index is 1.61. The van der Waals surface area contributed by atoms with Gasteiger partial charge >= 0.3 is 0 Å². The van der Waals surface area contributed by atoms with E-state index in [0.717, 1.165) is 0 Å². The monoisotopic (exact) mass is 494 g/mol. The lowest BCUT2D eigenvalue weighted by molar-refractivity contribution is 0.102. The Bertz CT molecular complexity index is 1410. The topological polar surface area (TPSA) is 110 Å². The number of sulfonamides is 1. The summed E-state index contributed by atoms with van der Waals surface area (Å²) in [5.41, 5.74) is 0.983. The zero-order valence-electron chi connectivity index (χ0n) is 17.7. The minimum Gasteiger partial charge on any atom is -0.321 e. The zero-order valence-corrected chi connectivity index (χ0v) is 19.3. The Morgan fingerprint density at radius 2 is 1.82 bits per heavy atom. The molecular formula is C23H19ClN6O3S. The highest BCUT2D eigenvalue weighted by Crippen LogP contribution is 2.29. The molecule has 4 rings (SSSR count). The van der Waals surface area contributed by atoms with E-state index in [0.29, 0.717) is 17.2 Å². The van der Waals surface area contributed by atoms with Crippen LogP contribution in [-0.2, 0) is 10.0 Å². The Morgan fingerprint density at radius 3 is 2.47 bits per heavy atom. The summed E-state index contributed by atoms with van der Waals surface area (Å²) in [7, 11) is -4.09. The molecule has 172 valence electrons. The first-order chi connectivity index (χ1) is 16.4. The van der Waals surface area contributed by atoms with Crippen LogP contribution in [0.25, 0.3) is 5.82 Å². The predicted octanol–water partition coefficient (Wildman–Crippen LogP) is 3.95. The van der Waals surface area contributed by atoms with E-state index in [1.807, 2.05) is 0 Å². The normalized spacial score (nSPS) is 11.1. The van der Waals surface area contributed by atoms with E-state index in [-0.39, 0.29) is 22.0 Å². The van der Waals surface area contributed by atoms with Gasteiger partial charge in [-0.05, 0) is 42.5 Å². The van der Waals surface area contributed by atoms with Crippen molar-refractivity contribution in [3.05, 3.63) is 102 Å². The van der Waals surface area contributed by atoms with Crippen molar-refractivity contribution in [1.29, 1.82) is 0 Å². The number of rotatable bonds is 8. The maximum absolute atomic E-state index is 13.5. The number of carbonyl (C=O) groups excluding carboxylic acids is 1. The Hall–Kier alpha value is -4.02. The van der Waals surface area contributed by atoms with Crippen molar-refractivity contribution in [2.24, 2.45) is 0 Å². The van der Waals surface area contributed by atoms with E-state index >= 15 is 0 Å².